The summed E-state index contributed by atoms with van der Waals surface area (Å²) in [5.41, 5.74) is 1.15. The van der Waals surface area contributed by atoms with Crippen molar-refractivity contribution in [3.63, 3.8) is 0 Å². The van der Waals surface area contributed by atoms with Crippen molar-refractivity contribution in [2.75, 3.05) is 19.5 Å². The summed E-state index contributed by atoms with van der Waals surface area (Å²) in [7, 11) is 2.96. The minimum Gasteiger partial charge on any atom is -0.495 e. The third-order valence-electron chi connectivity index (χ3n) is 4.43. The molecule has 11 heteroatoms. The Morgan fingerprint density at radius 3 is 2.19 bits per heavy atom. The van der Waals surface area contributed by atoms with E-state index < -0.39 is 16.4 Å². The molecule has 32 heavy (non-hydrogen) atoms. The Hall–Kier alpha value is -3.43. The quantitative estimate of drug-likeness (QED) is 0.324. The van der Waals surface area contributed by atoms with Crippen molar-refractivity contribution in [1.29, 1.82) is 0 Å². The summed E-state index contributed by atoms with van der Waals surface area (Å²) in [6.45, 7) is 1.55. The van der Waals surface area contributed by atoms with Crippen LogP contribution in [0.15, 0.2) is 30.6 Å². The van der Waals surface area contributed by atoms with E-state index in [-0.39, 0.29) is 11.6 Å². The van der Waals surface area contributed by atoms with Gasteiger partial charge in [-0.05, 0) is 18.6 Å². The number of hydrogen-bond acceptors (Lipinski definition) is 7. The van der Waals surface area contributed by atoms with E-state index in [1.807, 2.05) is 0 Å². The van der Waals surface area contributed by atoms with Crippen LogP contribution in [0.5, 0.6) is 11.5 Å². The highest BCUT2D eigenvalue weighted by Crippen LogP contribution is 2.41. The molecule has 0 spiro atoms. The lowest BCUT2D eigenvalue weighted by atomic mass is 10.1. The molecule has 0 aliphatic carbocycles. The minimum atomic E-state index is -0.701. The highest BCUT2D eigenvalue weighted by molar-refractivity contribution is 6.39. The van der Waals surface area contributed by atoms with Crippen molar-refractivity contribution in [1.82, 2.24) is 9.97 Å². The number of nitro groups is 1. The van der Waals surface area contributed by atoms with Gasteiger partial charge in [0.15, 0.2) is 0 Å². The van der Waals surface area contributed by atoms with Gasteiger partial charge in [-0.15, -0.1) is 0 Å². The van der Waals surface area contributed by atoms with Gasteiger partial charge in [-0.1, -0.05) is 35.4 Å². The van der Waals surface area contributed by atoms with Crippen molar-refractivity contribution >= 4 is 52.7 Å². The van der Waals surface area contributed by atoms with Gasteiger partial charge in [0.2, 0.25) is 5.95 Å². The number of ether oxygens (including phenoxy) is 2. The van der Waals surface area contributed by atoms with E-state index in [1.54, 1.807) is 25.1 Å². The lowest BCUT2D eigenvalue weighted by Crippen LogP contribution is -2.03. The molecule has 0 fully saturated rings. The maximum atomic E-state index is 13.5. The Kier molecular flexibility index (Phi) is 7.12. The average Bonchev–Trinajstić information content (AvgIpc) is 2.76. The Morgan fingerprint density at radius 1 is 1.06 bits per heavy atom. The maximum Gasteiger partial charge on any atom is 0.295 e. The second-order valence-electron chi connectivity index (χ2n) is 6.49. The highest BCUT2D eigenvalue weighted by Gasteiger charge is 2.19. The van der Waals surface area contributed by atoms with Gasteiger partial charge in [0, 0.05) is 29.6 Å². The summed E-state index contributed by atoms with van der Waals surface area (Å²) in [6.07, 6.45) is 6.34. The number of aryl methyl sites for hydroxylation is 1. The molecule has 8 nitrogen and oxygen atoms in total. The molecule has 0 saturated carbocycles. The van der Waals surface area contributed by atoms with Crippen LogP contribution in [0.3, 0.4) is 0 Å². The molecule has 0 atom stereocenters. The number of anilines is 2. The fourth-order valence-electron chi connectivity index (χ4n) is 2.86. The summed E-state index contributed by atoms with van der Waals surface area (Å²) >= 11 is 12.7. The number of nitrogens with one attached hydrogen (secondary N) is 1. The van der Waals surface area contributed by atoms with Crippen LogP contribution in [0, 0.1) is 22.9 Å². The van der Waals surface area contributed by atoms with Crippen molar-refractivity contribution in [3.05, 3.63) is 73.3 Å². The zero-order chi connectivity index (χ0) is 23.4. The maximum absolute atomic E-state index is 13.5. The summed E-state index contributed by atoms with van der Waals surface area (Å²) in [6, 6.07) is 3.60. The lowest BCUT2D eigenvalue weighted by molar-refractivity contribution is -0.384. The van der Waals surface area contributed by atoms with Gasteiger partial charge in [-0.25, -0.2) is 14.4 Å². The number of nitrogens with zero attached hydrogens (tertiary/aromatic N) is 3. The van der Waals surface area contributed by atoms with Gasteiger partial charge in [0.1, 0.15) is 23.0 Å². The standard InChI is InChI=1S/C21H17Cl2FN4O4/c1-11-6-13(24)7-15(28(29)30)20(11)27-21-25-9-12(10-26-21)4-5-14-18(22)16(31-2)8-17(32-3)19(14)23/h4-10H,1-3H3,(H,25,26,27)/b5-4+. The molecule has 0 aliphatic rings. The van der Waals surface area contributed by atoms with E-state index in [0.29, 0.717) is 38.2 Å². The molecule has 3 rings (SSSR count). The van der Waals surface area contributed by atoms with Crippen LogP contribution in [0.2, 0.25) is 10.0 Å². The van der Waals surface area contributed by atoms with Crippen LogP contribution in [-0.4, -0.2) is 29.1 Å². The summed E-state index contributed by atoms with van der Waals surface area (Å²) < 4.78 is 24.0. The van der Waals surface area contributed by atoms with Crippen LogP contribution >= 0.6 is 23.2 Å². The second-order valence-corrected chi connectivity index (χ2v) is 7.25. The van der Waals surface area contributed by atoms with Crippen LogP contribution in [0.4, 0.5) is 21.7 Å². The third kappa shape index (κ3) is 4.90. The van der Waals surface area contributed by atoms with Crippen molar-refractivity contribution < 1.29 is 18.8 Å². The smallest absolute Gasteiger partial charge is 0.295 e. The van der Waals surface area contributed by atoms with Crippen molar-refractivity contribution in [2.24, 2.45) is 0 Å². The molecule has 0 aliphatic heterocycles. The summed E-state index contributed by atoms with van der Waals surface area (Å²) in [5, 5.41) is 14.6. The topological polar surface area (TPSA) is 99.4 Å². The Balaban J connectivity index is 1.87. The minimum absolute atomic E-state index is 0.110. The van der Waals surface area contributed by atoms with E-state index >= 15 is 0 Å². The molecule has 3 aromatic rings. The molecule has 0 radical (unpaired) electrons. The molecule has 166 valence electrons. The van der Waals surface area contributed by atoms with E-state index in [4.69, 9.17) is 32.7 Å². The van der Waals surface area contributed by atoms with Crippen molar-refractivity contribution in [3.8, 4) is 11.5 Å². The van der Waals surface area contributed by atoms with E-state index in [9.17, 15) is 14.5 Å². The normalized spacial score (nSPS) is 10.9. The predicted molar refractivity (Wildman–Crippen MR) is 122 cm³/mol. The average molecular weight is 479 g/mol. The molecule has 0 bridgehead atoms. The van der Waals surface area contributed by atoms with Gasteiger partial charge in [0.05, 0.1) is 35.3 Å². The molecule has 1 N–H and O–H groups in total. The number of halogens is 3. The van der Waals surface area contributed by atoms with Crippen LogP contribution in [-0.2, 0) is 0 Å². The fourth-order valence-corrected chi connectivity index (χ4v) is 3.49. The van der Waals surface area contributed by atoms with Crippen LogP contribution in [0.1, 0.15) is 16.7 Å². The van der Waals surface area contributed by atoms with E-state index in [2.05, 4.69) is 15.3 Å². The summed E-state index contributed by atoms with van der Waals surface area (Å²) in [5.74, 6) is 0.214. The monoisotopic (exact) mass is 478 g/mol. The van der Waals surface area contributed by atoms with Crippen molar-refractivity contribution in [2.45, 2.75) is 6.92 Å². The highest BCUT2D eigenvalue weighted by atomic mass is 35.5. The number of nitro benzene ring substituents is 1. The number of benzene rings is 2. The van der Waals surface area contributed by atoms with Crippen LogP contribution < -0.4 is 14.8 Å². The molecule has 0 amide bonds. The van der Waals surface area contributed by atoms with E-state index in [1.165, 1.54) is 32.7 Å². The lowest BCUT2D eigenvalue weighted by Gasteiger charge is -2.12. The first kappa shape index (κ1) is 23.2. The van der Waals surface area contributed by atoms with Gasteiger partial charge in [-0.2, -0.15) is 0 Å². The van der Waals surface area contributed by atoms with E-state index in [0.717, 1.165) is 6.07 Å². The van der Waals surface area contributed by atoms with Gasteiger partial charge in [0.25, 0.3) is 5.69 Å². The first-order valence-electron chi connectivity index (χ1n) is 9.06. The molecule has 1 aromatic heterocycles. The molecule has 0 saturated heterocycles. The number of methoxy groups -OCH3 is 2. The van der Waals surface area contributed by atoms with Gasteiger partial charge in [-0.3, -0.25) is 10.1 Å². The fraction of sp³-hybridized carbons (Fsp3) is 0.143. The number of rotatable bonds is 7. The molecule has 2 aromatic carbocycles. The van der Waals surface area contributed by atoms with Gasteiger partial charge >= 0.3 is 0 Å². The zero-order valence-electron chi connectivity index (χ0n) is 17.1. The summed E-state index contributed by atoms with van der Waals surface area (Å²) in [4.78, 5) is 18.9. The Labute approximate surface area is 192 Å². The molecular formula is C21H17Cl2FN4O4. The first-order chi connectivity index (χ1) is 15.2. The molecular weight excluding hydrogens is 462 g/mol. The largest absolute Gasteiger partial charge is 0.495 e. The first-order valence-corrected chi connectivity index (χ1v) is 9.82. The van der Waals surface area contributed by atoms with Crippen LogP contribution in [0.25, 0.3) is 12.2 Å². The molecule has 1 heterocycles. The number of hydrogen-bond donors (Lipinski definition) is 1. The third-order valence-corrected chi connectivity index (χ3v) is 5.21. The number of aromatic nitrogens is 2. The Morgan fingerprint density at radius 2 is 1.66 bits per heavy atom. The second kappa shape index (κ2) is 9.80. The predicted octanol–water partition coefficient (Wildman–Crippen LogP) is 6.07. The zero-order valence-corrected chi connectivity index (χ0v) is 18.7. The molecule has 0 unspecified atom stereocenters. The SMILES string of the molecule is COc1cc(OC)c(Cl)c(/C=C/c2cnc(Nc3c(C)cc(F)cc3[N+](=O)[O-])nc2)c1Cl. The Bertz CT molecular complexity index is 1180. The van der Waals surface area contributed by atoms with Gasteiger partial charge < -0.3 is 14.8 Å².